The van der Waals surface area contributed by atoms with E-state index in [1.54, 1.807) is 16.7 Å². The Bertz CT molecular complexity index is 1920. The number of rotatable bonds is 3. The number of thiazole rings is 1. The number of hydrogen-bond acceptors (Lipinski definition) is 3. The van der Waals surface area contributed by atoms with Gasteiger partial charge in [-0.15, -0.1) is 0 Å². The molecule has 0 fully saturated rings. The van der Waals surface area contributed by atoms with Crippen molar-refractivity contribution in [3.8, 4) is 0 Å². The van der Waals surface area contributed by atoms with Crippen LogP contribution < -0.4 is 14.9 Å². The summed E-state index contributed by atoms with van der Waals surface area (Å²) in [5, 5.41) is 1.12. The summed E-state index contributed by atoms with van der Waals surface area (Å²) in [5.74, 6) is -0.303. The molecule has 6 heteroatoms. The second kappa shape index (κ2) is 8.53. The average Bonchev–Trinajstić information content (AvgIpc) is 3.44. The van der Waals surface area contributed by atoms with E-state index in [1.807, 2.05) is 30.3 Å². The molecule has 1 unspecified atom stereocenters. The molecule has 0 spiro atoms. The highest BCUT2D eigenvalue weighted by atomic mass is 32.1. The Morgan fingerprint density at radius 1 is 1.05 bits per heavy atom. The molecule has 1 atom stereocenters. The van der Waals surface area contributed by atoms with Gasteiger partial charge in [-0.05, 0) is 60.7 Å². The summed E-state index contributed by atoms with van der Waals surface area (Å²) in [6, 6.07) is 22.8. The normalized spacial score (nSPS) is 16.9. The summed E-state index contributed by atoms with van der Waals surface area (Å²) in [6.07, 6.45) is 5.74. The van der Waals surface area contributed by atoms with Crippen LogP contribution >= 0.6 is 11.3 Å². The third-order valence-corrected chi connectivity index (χ3v) is 8.47. The number of halogens is 1. The van der Waals surface area contributed by atoms with Gasteiger partial charge in [0.25, 0.3) is 5.56 Å². The fourth-order valence-corrected chi connectivity index (χ4v) is 6.78. The zero-order valence-corrected chi connectivity index (χ0v) is 21.1. The lowest BCUT2D eigenvalue weighted by molar-refractivity contribution is 0.574. The van der Waals surface area contributed by atoms with Crippen molar-refractivity contribution in [2.45, 2.75) is 32.4 Å². The SMILES string of the molecule is CCn1cc(/C=c2\sc3n(c2=O)C(c2cccc(F)c2)C2=C(N=3)c3ccccc3CC2)c2ccccc21. The van der Waals surface area contributed by atoms with Gasteiger partial charge in [-0.25, -0.2) is 9.38 Å². The molecule has 1 aliphatic heterocycles. The van der Waals surface area contributed by atoms with E-state index in [9.17, 15) is 9.18 Å². The van der Waals surface area contributed by atoms with Crippen LogP contribution in [0.25, 0.3) is 22.7 Å². The molecule has 37 heavy (non-hydrogen) atoms. The summed E-state index contributed by atoms with van der Waals surface area (Å²) >= 11 is 1.41. The van der Waals surface area contributed by atoms with Crippen molar-refractivity contribution in [1.82, 2.24) is 9.13 Å². The Morgan fingerprint density at radius 2 is 1.89 bits per heavy atom. The number of aromatic nitrogens is 2. The lowest BCUT2D eigenvalue weighted by Gasteiger charge is -2.30. The Kier molecular flexibility index (Phi) is 5.11. The van der Waals surface area contributed by atoms with Crippen LogP contribution in [0.1, 0.15) is 41.6 Å². The third kappa shape index (κ3) is 3.47. The number of fused-ring (bicyclic) bond motifs is 4. The van der Waals surface area contributed by atoms with Gasteiger partial charge in [-0.1, -0.05) is 65.9 Å². The van der Waals surface area contributed by atoms with E-state index < -0.39 is 0 Å². The Hall–Kier alpha value is -4.03. The van der Waals surface area contributed by atoms with Crippen LogP contribution in [-0.2, 0) is 13.0 Å². The highest BCUT2D eigenvalue weighted by Crippen LogP contribution is 2.41. The van der Waals surface area contributed by atoms with E-state index in [0.717, 1.165) is 58.2 Å². The van der Waals surface area contributed by atoms with E-state index in [2.05, 4.69) is 48.0 Å². The molecule has 0 amide bonds. The van der Waals surface area contributed by atoms with E-state index in [1.165, 1.54) is 23.0 Å². The van der Waals surface area contributed by atoms with Crippen LogP contribution in [0.15, 0.2) is 94.4 Å². The number of benzene rings is 3. The number of nitrogens with zero attached hydrogens (tertiary/aromatic N) is 3. The first kappa shape index (κ1) is 22.2. The van der Waals surface area contributed by atoms with Gasteiger partial charge >= 0.3 is 0 Å². The Morgan fingerprint density at radius 3 is 2.76 bits per heavy atom. The molecule has 182 valence electrons. The van der Waals surface area contributed by atoms with Gasteiger partial charge in [0.15, 0.2) is 4.80 Å². The van der Waals surface area contributed by atoms with Crippen LogP contribution in [0.3, 0.4) is 0 Å². The van der Waals surface area contributed by atoms with E-state index in [0.29, 0.717) is 9.33 Å². The third-order valence-electron chi connectivity index (χ3n) is 7.48. The van der Waals surface area contributed by atoms with Gasteiger partial charge in [0.2, 0.25) is 0 Å². The highest BCUT2D eigenvalue weighted by molar-refractivity contribution is 7.07. The van der Waals surface area contributed by atoms with Crippen LogP contribution in [0.5, 0.6) is 0 Å². The maximum Gasteiger partial charge on any atom is 0.271 e. The first-order chi connectivity index (χ1) is 18.1. The van der Waals surface area contributed by atoms with Gasteiger partial charge in [-0.3, -0.25) is 9.36 Å². The molecule has 0 saturated heterocycles. The maximum atomic E-state index is 14.4. The molecule has 0 bridgehead atoms. The number of para-hydroxylation sites is 1. The number of hydrogen-bond donors (Lipinski definition) is 0. The molecule has 5 aromatic rings. The molecule has 0 N–H and O–H groups in total. The zero-order valence-electron chi connectivity index (χ0n) is 20.3. The first-order valence-corrected chi connectivity index (χ1v) is 13.4. The molecule has 1 aliphatic carbocycles. The molecule has 3 heterocycles. The average molecular weight is 506 g/mol. The molecular weight excluding hydrogens is 481 g/mol. The molecule has 2 aromatic heterocycles. The summed E-state index contributed by atoms with van der Waals surface area (Å²) in [4.78, 5) is 19.7. The van der Waals surface area contributed by atoms with Crippen molar-refractivity contribution in [1.29, 1.82) is 0 Å². The number of allylic oxidation sites excluding steroid dienone is 1. The predicted octanol–water partition coefficient (Wildman–Crippen LogP) is 5.43. The lowest BCUT2D eigenvalue weighted by Crippen LogP contribution is -2.38. The molecular formula is C31H24FN3OS. The monoisotopic (exact) mass is 505 g/mol. The molecule has 4 nitrogen and oxygen atoms in total. The first-order valence-electron chi connectivity index (χ1n) is 12.6. The Labute approximate surface area is 217 Å². The fourth-order valence-electron chi connectivity index (χ4n) is 5.79. The summed E-state index contributed by atoms with van der Waals surface area (Å²) in [7, 11) is 0. The molecule has 0 radical (unpaired) electrons. The van der Waals surface area contributed by atoms with Crippen LogP contribution in [-0.4, -0.2) is 9.13 Å². The largest absolute Gasteiger partial charge is 0.347 e. The van der Waals surface area contributed by atoms with Crippen LogP contribution in [0, 0.1) is 5.82 Å². The maximum absolute atomic E-state index is 14.4. The summed E-state index contributed by atoms with van der Waals surface area (Å²) in [6.45, 7) is 2.97. The lowest BCUT2D eigenvalue weighted by atomic mass is 9.83. The van der Waals surface area contributed by atoms with Crippen LogP contribution in [0.2, 0.25) is 0 Å². The molecule has 2 aliphatic rings. The quantitative estimate of drug-likeness (QED) is 0.322. The number of aryl methyl sites for hydroxylation is 2. The van der Waals surface area contributed by atoms with Crippen LogP contribution in [0.4, 0.5) is 4.39 Å². The van der Waals surface area contributed by atoms with Gasteiger partial charge in [-0.2, -0.15) is 0 Å². The minimum atomic E-state index is -0.380. The minimum absolute atomic E-state index is 0.0863. The van der Waals surface area contributed by atoms with Crippen molar-refractivity contribution in [3.63, 3.8) is 0 Å². The van der Waals surface area contributed by atoms with Gasteiger partial charge < -0.3 is 4.57 Å². The standard InChI is InChI=1S/C31H24FN3OS/c1-2-34-18-21(23-11-5-6-13-26(23)34)17-27-30(36)35-29(20-9-7-10-22(32)16-20)25-15-14-19-8-3-4-12-24(19)28(25)33-31(35)37-27/h3-13,16-18,29H,2,14-15H2,1H3/b27-17-. The van der Waals surface area contributed by atoms with Crippen molar-refractivity contribution >= 4 is 34.0 Å². The smallest absolute Gasteiger partial charge is 0.271 e. The molecule has 3 aromatic carbocycles. The Balaban J connectivity index is 1.50. The summed E-state index contributed by atoms with van der Waals surface area (Å²) < 4.78 is 19.0. The van der Waals surface area contributed by atoms with Crippen molar-refractivity contribution in [2.24, 2.45) is 4.99 Å². The van der Waals surface area contributed by atoms with E-state index in [-0.39, 0.29) is 17.4 Å². The van der Waals surface area contributed by atoms with Gasteiger partial charge in [0.1, 0.15) is 5.82 Å². The highest BCUT2D eigenvalue weighted by Gasteiger charge is 2.32. The molecule has 0 saturated carbocycles. The second-order valence-electron chi connectivity index (χ2n) is 9.56. The van der Waals surface area contributed by atoms with Gasteiger partial charge in [0.05, 0.1) is 16.3 Å². The van der Waals surface area contributed by atoms with Crippen molar-refractivity contribution < 1.29 is 4.39 Å². The predicted molar refractivity (Wildman–Crippen MR) is 147 cm³/mol. The fraction of sp³-hybridized carbons (Fsp3) is 0.161. The summed E-state index contributed by atoms with van der Waals surface area (Å²) in [5.41, 5.74) is 7.21. The zero-order chi connectivity index (χ0) is 25.1. The molecule has 7 rings (SSSR count). The van der Waals surface area contributed by atoms with E-state index in [4.69, 9.17) is 4.99 Å². The second-order valence-corrected chi connectivity index (χ2v) is 10.6. The minimum Gasteiger partial charge on any atom is -0.347 e. The topological polar surface area (TPSA) is 39.3 Å². The van der Waals surface area contributed by atoms with Gasteiger partial charge in [0, 0.05) is 34.8 Å². The van der Waals surface area contributed by atoms with Crippen molar-refractivity contribution in [3.05, 3.63) is 132 Å². The van der Waals surface area contributed by atoms with E-state index >= 15 is 0 Å². The van der Waals surface area contributed by atoms with Crippen molar-refractivity contribution in [2.75, 3.05) is 0 Å².